The fourth-order valence-corrected chi connectivity index (χ4v) is 4.31. The zero-order valence-electron chi connectivity index (χ0n) is 13.1. The van der Waals surface area contributed by atoms with Gasteiger partial charge < -0.3 is 10.2 Å². The van der Waals surface area contributed by atoms with Crippen LogP contribution in [0.3, 0.4) is 0 Å². The van der Waals surface area contributed by atoms with E-state index in [0.29, 0.717) is 6.54 Å². The molecule has 2 aliphatic rings. The van der Waals surface area contributed by atoms with Gasteiger partial charge in [-0.05, 0) is 30.9 Å². The minimum absolute atomic E-state index is 0.0572. The second-order valence-electron chi connectivity index (χ2n) is 6.02. The highest BCUT2D eigenvalue weighted by Crippen LogP contribution is 2.30. The van der Waals surface area contributed by atoms with Gasteiger partial charge >= 0.3 is 0 Å². The Morgan fingerprint density at radius 1 is 1.23 bits per heavy atom. The number of piperazine rings is 1. The molecule has 1 aromatic heterocycles. The molecule has 0 radical (unpaired) electrons. The van der Waals surface area contributed by atoms with Crippen molar-refractivity contribution < 1.29 is 9.59 Å². The van der Waals surface area contributed by atoms with E-state index in [0.717, 1.165) is 50.4 Å². The lowest BCUT2D eigenvalue weighted by molar-refractivity contribution is -0.130. The van der Waals surface area contributed by atoms with Gasteiger partial charge in [0.05, 0.1) is 4.88 Å². The van der Waals surface area contributed by atoms with Gasteiger partial charge in [0.2, 0.25) is 5.91 Å². The molecule has 2 amide bonds. The quantitative estimate of drug-likeness (QED) is 0.904. The van der Waals surface area contributed by atoms with Crippen molar-refractivity contribution in [1.82, 2.24) is 15.1 Å². The molecule has 1 N–H and O–H groups in total. The minimum Gasteiger partial charge on any atom is -0.350 e. The fourth-order valence-electron chi connectivity index (χ4n) is 3.14. The van der Waals surface area contributed by atoms with E-state index in [1.807, 2.05) is 4.90 Å². The number of amides is 2. The lowest BCUT2D eigenvalue weighted by Crippen LogP contribution is -2.49. The van der Waals surface area contributed by atoms with Crippen molar-refractivity contribution in [2.45, 2.75) is 26.2 Å². The molecule has 0 bridgehead atoms. The van der Waals surface area contributed by atoms with Crippen molar-refractivity contribution in [2.75, 3.05) is 39.3 Å². The van der Waals surface area contributed by atoms with E-state index in [9.17, 15) is 9.59 Å². The van der Waals surface area contributed by atoms with E-state index in [1.54, 1.807) is 18.3 Å². The molecule has 5 nitrogen and oxygen atoms in total. The maximum absolute atomic E-state index is 12.2. The first-order valence-corrected chi connectivity index (χ1v) is 8.83. The molecule has 22 heavy (non-hydrogen) atoms. The largest absolute Gasteiger partial charge is 0.350 e. The van der Waals surface area contributed by atoms with Crippen LogP contribution in [0.2, 0.25) is 0 Å². The summed E-state index contributed by atoms with van der Waals surface area (Å²) in [6.45, 7) is 6.51. The molecule has 0 atom stereocenters. The lowest BCUT2D eigenvalue weighted by Gasteiger charge is -2.34. The molecule has 1 saturated heterocycles. The topological polar surface area (TPSA) is 52.7 Å². The molecule has 120 valence electrons. The average Bonchev–Trinajstić information content (AvgIpc) is 3.09. The van der Waals surface area contributed by atoms with Crippen LogP contribution in [-0.4, -0.2) is 60.9 Å². The predicted molar refractivity (Wildman–Crippen MR) is 87.4 cm³/mol. The Morgan fingerprint density at radius 3 is 2.68 bits per heavy atom. The number of carbonyl (C=O) groups is 2. The molecule has 0 spiro atoms. The second kappa shape index (κ2) is 6.79. The van der Waals surface area contributed by atoms with Crippen LogP contribution in [0.5, 0.6) is 0 Å². The van der Waals surface area contributed by atoms with Crippen LogP contribution in [0.4, 0.5) is 0 Å². The third-order valence-corrected chi connectivity index (χ3v) is 5.74. The van der Waals surface area contributed by atoms with Gasteiger partial charge in [-0.2, -0.15) is 0 Å². The number of nitrogens with zero attached hydrogens (tertiary/aromatic N) is 2. The summed E-state index contributed by atoms with van der Waals surface area (Å²) in [5.74, 6) is 0.209. The third kappa shape index (κ3) is 3.50. The second-order valence-corrected chi connectivity index (χ2v) is 7.15. The predicted octanol–water partition coefficient (Wildman–Crippen LogP) is 1.13. The highest BCUT2D eigenvalue weighted by Gasteiger charge is 2.20. The number of carbonyl (C=O) groups excluding carboxylic acids is 2. The molecule has 2 heterocycles. The average molecular weight is 321 g/mol. The zero-order chi connectivity index (χ0) is 15.5. The smallest absolute Gasteiger partial charge is 0.261 e. The van der Waals surface area contributed by atoms with Crippen LogP contribution >= 0.6 is 11.3 Å². The van der Waals surface area contributed by atoms with Crippen molar-refractivity contribution in [1.29, 1.82) is 0 Å². The van der Waals surface area contributed by atoms with Gasteiger partial charge in [-0.3, -0.25) is 14.5 Å². The van der Waals surface area contributed by atoms with Crippen LogP contribution in [-0.2, 0) is 17.6 Å². The highest BCUT2D eigenvalue weighted by molar-refractivity contribution is 7.14. The van der Waals surface area contributed by atoms with Gasteiger partial charge in [0, 0.05) is 51.1 Å². The normalized spacial score (nSPS) is 18.3. The van der Waals surface area contributed by atoms with E-state index in [2.05, 4.69) is 16.3 Å². The van der Waals surface area contributed by atoms with Gasteiger partial charge in [-0.15, -0.1) is 11.3 Å². The number of fused-ring (bicyclic) bond motifs is 1. The number of thiophene rings is 1. The molecular weight excluding hydrogens is 298 g/mol. The Balaban J connectivity index is 1.40. The molecule has 3 rings (SSSR count). The first-order chi connectivity index (χ1) is 10.6. The van der Waals surface area contributed by atoms with Crippen molar-refractivity contribution in [3.8, 4) is 0 Å². The summed E-state index contributed by atoms with van der Waals surface area (Å²) in [7, 11) is 0. The van der Waals surface area contributed by atoms with E-state index in [1.165, 1.54) is 16.9 Å². The monoisotopic (exact) mass is 321 g/mol. The molecule has 0 saturated carbocycles. The van der Waals surface area contributed by atoms with Crippen LogP contribution < -0.4 is 5.32 Å². The van der Waals surface area contributed by atoms with Crippen LogP contribution in [0.1, 0.15) is 33.5 Å². The standard InChI is InChI=1S/C16H23N3O2S/c1-12(20)19-9-7-18(8-10-19)6-5-17-16(21)15-11-13-3-2-4-14(13)22-15/h11H,2-10H2,1H3,(H,17,21). The number of nitrogens with one attached hydrogen (secondary N) is 1. The van der Waals surface area contributed by atoms with Gasteiger partial charge in [0.25, 0.3) is 5.91 Å². The SMILES string of the molecule is CC(=O)N1CCN(CCNC(=O)c2cc3c(s2)CCC3)CC1. The minimum atomic E-state index is 0.0572. The lowest BCUT2D eigenvalue weighted by atomic mass is 10.2. The number of aryl methyl sites for hydroxylation is 2. The highest BCUT2D eigenvalue weighted by atomic mass is 32.1. The van der Waals surface area contributed by atoms with E-state index in [4.69, 9.17) is 0 Å². The Hall–Kier alpha value is -1.40. The molecule has 1 aliphatic heterocycles. The van der Waals surface area contributed by atoms with Crippen molar-refractivity contribution in [3.63, 3.8) is 0 Å². The van der Waals surface area contributed by atoms with Crippen LogP contribution in [0, 0.1) is 0 Å². The summed E-state index contributed by atoms with van der Waals surface area (Å²) in [4.78, 5) is 29.9. The van der Waals surface area contributed by atoms with Crippen molar-refractivity contribution in [2.24, 2.45) is 0 Å². The van der Waals surface area contributed by atoms with Crippen LogP contribution in [0.15, 0.2) is 6.07 Å². The number of hydrogen-bond acceptors (Lipinski definition) is 4. The maximum atomic E-state index is 12.2. The molecule has 1 aromatic rings. The summed E-state index contributed by atoms with van der Waals surface area (Å²) in [5.41, 5.74) is 1.37. The number of rotatable bonds is 4. The third-order valence-electron chi connectivity index (χ3n) is 4.50. The van der Waals surface area contributed by atoms with Crippen molar-refractivity contribution >= 4 is 23.2 Å². The Kier molecular flexibility index (Phi) is 4.78. The maximum Gasteiger partial charge on any atom is 0.261 e. The van der Waals surface area contributed by atoms with Gasteiger partial charge in [0.15, 0.2) is 0 Å². The molecule has 0 aromatic carbocycles. The molecule has 1 aliphatic carbocycles. The Morgan fingerprint density at radius 2 is 2.00 bits per heavy atom. The van der Waals surface area contributed by atoms with Gasteiger partial charge in [0.1, 0.15) is 0 Å². The summed E-state index contributed by atoms with van der Waals surface area (Å²) >= 11 is 1.65. The number of hydrogen-bond donors (Lipinski definition) is 1. The van der Waals surface area contributed by atoms with E-state index < -0.39 is 0 Å². The van der Waals surface area contributed by atoms with Gasteiger partial charge in [-0.25, -0.2) is 0 Å². The first kappa shape index (κ1) is 15.5. The zero-order valence-corrected chi connectivity index (χ0v) is 13.9. The summed E-state index contributed by atoms with van der Waals surface area (Å²) in [6.07, 6.45) is 3.49. The Labute approximate surface area is 135 Å². The van der Waals surface area contributed by atoms with Crippen LogP contribution in [0.25, 0.3) is 0 Å². The molecule has 6 heteroatoms. The van der Waals surface area contributed by atoms with Crippen molar-refractivity contribution in [3.05, 3.63) is 21.4 Å². The summed E-state index contributed by atoms with van der Waals surface area (Å²) in [5, 5.41) is 3.02. The fraction of sp³-hybridized carbons (Fsp3) is 0.625. The van der Waals surface area contributed by atoms with E-state index in [-0.39, 0.29) is 11.8 Å². The van der Waals surface area contributed by atoms with E-state index >= 15 is 0 Å². The molecular formula is C16H23N3O2S. The van der Waals surface area contributed by atoms with Gasteiger partial charge in [-0.1, -0.05) is 0 Å². The first-order valence-electron chi connectivity index (χ1n) is 8.01. The molecule has 0 unspecified atom stereocenters. The molecule has 1 fully saturated rings. The Bertz CT molecular complexity index is 540. The summed E-state index contributed by atoms with van der Waals surface area (Å²) in [6, 6.07) is 2.06. The summed E-state index contributed by atoms with van der Waals surface area (Å²) < 4.78 is 0.